The number of alkyl halides is 3. The van der Waals surface area contributed by atoms with Gasteiger partial charge in [0.1, 0.15) is 10.4 Å². The van der Waals surface area contributed by atoms with Crippen molar-refractivity contribution in [3.63, 3.8) is 0 Å². The normalized spacial score (nSPS) is 17.3. The zero-order valence-electron chi connectivity index (χ0n) is 14.7. The van der Waals surface area contributed by atoms with E-state index >= 15 is 0 Å². The van der Waals surface area contributed by atoms with Gasteiger partial charge >= 0.3 is 6.18 Å². The Morgan fingerprint density at radius 3 is 2.52 bits per heavy atom. The van der Waals surface area contributed by atoms with Crippen LogP contribution in [-0.2, 0) is 6.18 Å². The van der Waals surface area contributed by atoms with Gasteiger partial charge in [-0.1, -0.05) is 12.1 Å². The zero-order valence-corrected chi connectivity index (χ0v) is 17.9. The molecule has 0 bridgehead atoms. The fraction of sp³-hybridized carbons (Fsp3) is 0.263. The molecule has 1 aliphatic heterocycles. The van der Waals surface area contributed by atoms with Gasteiger partial charge in [-0.2, -0.15) is 13.2 Å². The summed E-state index contributed by atoms with van der Waals surface area (Å²) in [5.74, 6) is -0.746. The summed E-state index contributed by atoms with van der Waals surface area (Å²) in [6, 6.07) is 7.04. The minimum atomic E-state index is -4.61. The zero-order chi connectivity index (χ0) is 20.9. The molecule has 152 valence electrons. The second kappa shape index (κ2) is 7.39. The Labute approximate surface area is 179 Å². The number of fused-ring (bicyclic) bond motifs is 1. The van der Waals surface area contributed by atoms with Gasteiger partial charge in [-0.15, -0.1) is 0 Å². The van der Waals surface area contributed by atoms with Gasteiger partial charge in [0.05, 0.1) is 5.56 Å². The highest BCUT2D eigenvalue weighted by atomic mass is 79.9. The summed E-state index contributed by atoms with van der Waals surface area (Å²) in [5.41, 5.74) is -0.435. The predicted molar refractivity (Wildman–Crippen MR) is 105 cm³/mol. The summed E-state index contributed by atoms with van der Waals surface area (Å²) in [6.07, 6.45) is -2.51. The molecule has 1 amide bonds. The summed E-state index contributed by atoms with van der Waals surface area (Å²) in [7, 11) is 0. The molecule has 0 radical (unpaired) electrons. The molecule has 1 aromatic carbocycles. The second-order valence-corrected chi connectivity index (χ2v) is 8.47. The van der Waals surface area contributed by atoms with Crippen molar-refractivity contribution in [2.45, 2.75) is 18.5 Å². The second-order valence-electron chi connectivity index (χ2n) is 6.80. The lowest BCUT2D eigenvalue weighted by molar-refractivity contribution is -0.136. The maximum absolute atomic E-state index is 13.4. The molecule has 29 heavy (non-hydrogen) atoms. The van der Waals surface area contributed by atoms with Gasteiger partial charge in [0.2, 0.25) is 0 Å². The van der Waals surface area contributed by atoms with Crippen LogP contribution < -0.4 is 0 Å². The van der Waals surface area contributed by atoms with E-state index in [0.29, 0.717) is 19.5 Å². The molecule has 1 fully saturated rings. The molecule has 4 nitrogen and oxygen atoms in total. The molecule has 1 saturated heterocycles. The van der Waals surface area contributed by atoms with Crippen molar-refractivity contribution in [3.8, 4) is 0 Å². The number of rotatable bonds is 2. The number of amides is 1. The quantitative estimate of drug-likeness (QED) is 0.399. The lowest BCUT2D eigenvalue weighted by Gasteiger charge is -2.15. The van der Waals surface area contributed by atoms with Gasteiger partial charge < -0.3 is 4.90 Å². The molecule has 1 unspecified atom stereocenters. The van der Waals surface area contributed by atoms with E-state index in [1.165, 1.54) is 22.7 Å². The topological polar surface area (TPSA) is 37.6 Å². The van der Waals surface area contributed by atoms with E-state index in [-0.39, 0.29) is 32.2 Å². The van der Waals surface area contributed by atoms with Crippen molar-refractivity contribution in [2.24, 2.45) is 0 Å². The number of imidazole rings is 1. The summed E-state index contributed by atoms with van der Waals surface area (Å²) in [5, 5.41) is 0. The van der Waals surface area contributed by atoms with Crippen LogP contribution in [0.2, 0.25) is 0 Å². The minimum Gasteiger partial charge on any atom is -0.337 e. The standard InChI is InChI=1S/C19H13Br2F4N3O/c20-12-7-14(19(23,24)25)17-26-15(16(21)28(17)9-12)18(29)27-6-5-11(8-27)10-1-3-13(22)4-2-10/h1-4,7,9,11H,5-6,8H2. The molecule has 3 heterocycles. The lowest BCUT2D eigenvalue weighted by atomic mass is 9.99. The van der Waals surface area contributed by atoms with E-state index in [4.69, 9.17) is 0 Å². The van der Waals surface area contributed by atoms with Gasteiger partial charge in [0.25, 0.3) is 5.91 Å². The maximum atomic E-state index is 13.4. The van der Waals surface area contributed by atoms with E-state index in [1.807, 2.05) is 0 Å². The van der Waals surface area contributed by atoms with Crippen molar-refractivity contribution >= 4 is 43.4 Å². The molecule has 0 spiro atoms. The first-order valence-electron chi connectivity index (χ1n) is 8.64. The van der Waals surface area contributed by atoms with Crippen molar-refractivity contribution in [1.82, 2.24) is 14.3 Å². The molecular weight excluding hydrogens is 522 g/mol. The van der Waals surface area contributed by atoms with Gasteiger partial charge in [-0.25, -0.2) is 9.37 Å². The molecule has 10 heteroatoms. The molecule has 2 aromatic heterocycles. The Morgan fingerprint density at radius 2 is 1.86 bits per heavy atom. The molecule has 0 saturated carbocycles. The number of pyridine rings is 1. The van der Waals surface area contributed by atoms with Crippen LogP contribution in [0.25, 0.3) is 5.65 Å². The summed E-state index contributed by atoms with van der Waals surface area (Å²) >= 11 is 6.30. The summed E-state index contributed by atoms with van der Waals surface area (Å²) < 4.78 is 54.9. The number of hydrogen-bond donors (Lipinski definition) is 0. The minimum absolute atomic E-state index is 0.0373. The van der Waals surface area contributed by atoms with Gasteiger partial charge in [-0.3, -0.25) is 9.20 Å². The van der Waals surface area contributed by atoms with Gasteiger partial charge in [0.15, 0.2) is 11.3 Å². The molecule has 1 aliphatic rings. The molecular formula is C19H13Br2F4N3O. The van der Waals surface area contributed by atoms with Crippen LogP contribution in [0.1, 0.15) is 34.0 Å². The number of nitrogens with zero attached hydrogens (tertiary/aromatic N) is 3. The van der Waals surface area contributed by atoms with E-state index < -0.39 is 17.6 Å². The number of hydrogen-bond acceptors (Lipinski definition) is 2. The number of likely N-dealkylation sites (tertiary alicyclic amines) is 1. The van der Waals surface area contributed by atoms with E-state index in [2.05, 4.69) is 36.8 Å². The van der Waals surface area contributed by atoms with Crippen molar-refractivity contribution in [1.29, 1.82) is 0 Å². The Bertz CT molecular complexity index is 1100. The van der Waals surface area contributed by atoms with Crippen molar-refractivity contribution in [3.05, 3.63) is 68.2 Å². The van der Waals surface area contributed by atoms with Crippen LogP contribution in [-0.4, -0.2) is 33.3 Å². The van der Waals surface area contributed by atoms with Crippen LogP contribution in [0.15, 0.2) is 45.6 Å². The number of carbonyl (C=O) groups is 1. The van der Waals surface area contributed by atoms with Crippen LogP contribution in [0.3, 0.4) is 0 Å². The average molecular weight is 535 g/mol. The first-order chi connectivity index (χ1) is 13.6. The molecule has 4 rings (SSSR count). The SMILES string of the molecule is O=C(c1nc2c(C(F)(F)F)cc(Br)cn2c1Br)N1CCC(c2ccc(F)cc2)C1. The van der Waals surface area contributed by atoms with Gasteiger partial charge in [0, 0.05) is 29.7 Å². The van der Waals surface area contributed by atoms with Crippen LogP contribution in [0.5, 0.6) is 0 Å². The monoisotopic (exact) mass is 533 g/mol. The van der Waals surface area contributed by atoms with Crippen LogP contribution >= 0.6 is 31.9 Å². The van der Waals surface area contributed by atoms with E-state index in [9.17, 15) is 22.4 Å². The van der Waals surface area contributed by atoms with Crippen molar-refractivity contribution in [2.75, 3.05) is 13.1 Å². The Kier molecular flexibility index (Phi) is 5.18. The Hall–Kier alpha value is -1.94. The number of halogens is 6. The summed E-state index contributed by atoms with van der Waals surface area (Å²) in [4.78, 5) is 18.5. The lowest BCUT2D eigenvalue weighted by Crippen LogP contribution is -2.29. The largest absolute Gasteiger partial charge is 0.420 e. The molecule has 0 N–H and O–H groups in total. The number of aromatic nitrogens is 2. The number of carbonyl (C=O) groups excluding carboxylic acids is 1. The first-order valence-corrected chi connectivity index (χ1v) is 10.2. The fourth-order valence-corrected chi connectivity index (χ4v) is 4.49. The average Bonchev–Trinajstić information content (AvgIpc) is 3.26. The molecule has 0 aliphatic carbocycles. The van der Waals surface area contributed by atoms with Crippen LogP contribution in [0, 0.1) is 5.82 Å². The maximum Gasteiger partial charge on any atom is 0.420 e. The Morgan fingerprint density at radius 1 is 1.17 bits per heavy atom. The first kappa shape index (κ1) is 20.3. The third-order valence-corrected chi connectivity index (χ3v) is 6.14. The van der Waals surface area contributed by atoms with Gasteiger partial charge in [-0.05, 0) is 62.0 Å². The predicted octanol–water partition coefficient (Wildman–Crippen LogP) is 5.65. The summed E-state index contributed by atoms with van der Waals surface area (Å²) in [6.45, 7) is 0.831. The van der Waals surface area contributed by atoms with Crippen LogP contribution in [0.4, 0.5) is 17.6 Å². The third kappa shape index (κ3) is 3.79. The van der Waals surface area contributed by atoms with Crippen molar-refractivity contribution < 1.29 is 22.4 Å². The highest BCUT2D eigenvalue weighted by molar-refractivity contribution is 9.10. The van der Waals surface area contributed by atoms with E-state index in [1.54, 1.807) is 17.0 Å². The fourth-order valence-electron chi connectivity index (χ4n) is 3.53. The Balaban J connectivity index is 1.66. The highest BCUT2D eigenvalue weighted by Gasteiger charge is 2.37. The molecule has 3 aromatic rings. The van der Waals surface area contributed by atoms with E-state index in [0.717, 1.165) is 11.6 Å². The molecule has 1 atom stereocenters. The highest BCUT2D eigenvalue weighted by Crippen LogP contribution is 2.36. The number of benzene rings is 1. The third-order valence-electron chi connectivity index (χ3n) is 4.95. The smallest absolute Gasteiger partial charge is 0.337 e.